The van der Waals surface area contributed by atoms with Gasteiger partial charge in [0.1, 0.15) is 11.6 Å². The second-order valence-electron chi connectivity index (χ2n) is 5.40. The molecule has 2 aromatic carbocycles. The normalized spacial score (nSPS) is 15.8. The molecule has 1 atom stereocenters. The van der Waals surface area contributed by atoms with Crippen molar-refractivity contribution in [2.24, 2.45) is 5.73 Å². The predicted octanol–water partition coefficient (Wildman–Crippen LogP) is 4.26. The van der Waals surface area contributed by atoms with Gasteiger partial charge in [-0.3, -0.25) is 0 Å². The van der Waals surface area contributed by atoms with Gasteiger partial charge in [-0.2, -0.15) is 0 Å². The van der Waals surface area contributed by atoms with Crippen LogP contribution in [-0.2, 0) is 6.42 Å². The standard InChI is InChI=1S/C17H17ClFNO/c18-15-2-1-3-16(19)14(15)10-17(20)11-4-6-12(7-5-11)21-13-8-9-13/h1-7,13,17H,8-10,20H2. The average molecular weight is 306 g/mol. The fourth-order valence-corrected chi connectivity index (χ4v) is 2.48. The minimum absolute atomic E-state index is 0.297. The Morgan fingerprint density at radius 3 is 2.52 bits per heavy atom. The molecule has 21 heavy (non-hydrogen) atoms. The van der Waals surface area contributed by atoms with E-state index >= 15 is 0 Å². The Kier molecular flexibility index (Phi) is 4.13. The van der Waals surface area contributed by atoms with Crippen molar-refractivity contribution in [1.29, 1.82) is 0 Å². The Labute approximate surface area is 128 Å². The van der Waals surface area contributed by atoms with Crippen LogP contribution in [0.25, 0.3) is 0 Å². The monoisotopic (exact) mass is 305 g/mol. The molecular formula is C17H17ClFNO. The van der Waals surface area contributed by atoms with E-state index in [9.17, 15) is 4.39 Å². The summed E-state index contributed by atoms with van der Waals surface area (Å²) in [6.45, 7) is 0. The van der Waals surface area contributed by atoms with Gasteiger partial charge in [-0.05, 0) is 49.1 Å². The van der Waals surface area contributed by atoms with E-state index < -0.39 is 0 Å². The van der Waals surface area contributed by atoms with Gasteiger partial charge in [0.25, 0.3) is 0 Å². The molecule has 110 valence electrons. The number of nitrogens with two attached hydrogens (primary N) is 1. The zero-order valence-corrected chi connectivity index (χ0v) is 12.3. The molecule has 0 heterocycles. The minimum atomic E-state index is -0.313. The number of rotatable bonds is 5. The quantitative estimate of drug-likeness (QED) is 0.895. The molecule has 0 spiro atoms. The van der Waals surface area contributed by atoms with E-state index in [4.69, 9.17) is 22.1 Å². The minimum Gasteiger partial charge on any atom is -0.490 e. The highest BCUT2D eigenvalue weighted by molar-refractivity contribution is 6.31. The first kappa shape index (κ1) is 14.4. The van der Waals surface area contributed by atoms with E-state index in [1.165, 1.54) is 6.07 Å². The molecule has 4 heteroatoms. The predicted molar refractivity (Wildman–Crippen MR) is 82.1 cm³/mol. The van der Waals surface area contributed by atoms with Gasteiger partial charge in [-0.25, -0.2) is 4.39 Å². The molecule has 2 N–H and O–H groups in total. The maximum Gasteiger partial charge on any atom is 0.127 e. The lowest BCUT2D eigenvalue weighted by Gasteiger charge is -2.14. The Morgan fingerprint density at radius 1 is 1.19 bits per heavy atom. The zero-order chi connectivity index (χ0) is 14.8. The summed E-state index contributed by atoms with van der Waals surface area (Å²) in [6, 6.07) is 12.1. The summed E-state index contributed by atoms with van der Waals surface area (Å²) in [5, 5.41) is 0.416. The lowest BCUT2D eigenvalue weighted by atomic mass is 9.99. The zero-order valence-electron chi connectivity index (χ0n) is 11.6. The van der Waals surface area contributed by atoms with Crippen LogP contribution in [0.1, 0.15) is 30.0 Å². The first-order chi connectivity index (χ1) is 10.1. The molecule has 0 aromatic heterocycles. The summed E-state index contributed by atoms with van der Waals surface area (Å²) < 4.78 is 19.5. The summed E-state index contributed by atoms with van der Waals surface area (Å²) in [6.07, 6.45) is 3.01. The molecule has 2 nitrogen and oxygen atoms in total. The van der Waals surface area contributed by atoms with Gasteiger partial charge < -0.3 is 10.5 Å². The molecule has 0 aliphatic heterocycles. The van der Waals surface area contributed by atoms with Crippen LogP contribution in [0.5, 0.6) is 5.75 Å². The van der Waals surface area contributed by atoms with Crippen LogP contribution in [0.15, 0.2) is 42.5 Å². The largest absolute Gasteiger partial charge is 0.490 e. The number of hydrogen-bond acceptors (Lipinski definition) is 2. The molecule has 0 amide bonds. The molecule has 1 fully saturated rings. The van der Waals surface area contributed by atoms with Gasteiger partial charge in [-0.15, -0.1) is 0 Å². The van der Waals surface area contributed by atoms with Crippen LogP contribution in [0.2, 0.25) is 5.02 Å². The number of hydrogen-bond donors (Lipinski definition) is 1. The highest BCUT2D eigenvalue weighted by Crippen LogP contribution is 2.28. The Bertz CT molecular complexity index is 605. The van der Waals surface area contributed by atoms with Crippen molar-refractivity contribution in [3.05, 3.63) is 64.4 Å². The smallest absolute Gasteiger partial charge is 0.127 e. The second kappa shape index (κ2) is 6.04. The third kappa shape index (κ3) is 3.55. The van der Waals surface area contributed by atoms with Crippen molar-refractivity contribution in [3.8, 4) is 5.75 Å². The molecule has 0 saturated heterocycles. The van der Waals surface area contributed by atoms with Crippen LogP contribution in [0.4, 0.5) is 4.39 Å². The van der Waals surface area contributed by atoms with Crippen LogP contribution in [-0.4, -0.2) is 6.10 Å². The molecule has 2 aromatic rings. The van der Waals surface area contributed by atoms with Gasteiger partial charge in [-0.1, -0.05) is 29.8 Å². The van der Waals surface area contributed by atoms with Gasteiger partial charge in [0.2, 0.25) is 0 Å². The summed E-state index contributed by atoms with van der Waals surface area (Å²) in [4.78, 5) is 0. The van der Waals surface area contributed by atoms with E-state index in [0.717, 1.165) is 24.2 Å². The third-order valence-electron chi connectivity index (χ3n) is 3.62. The molecular weight excluding hydrogens is 289 g/mol. The van der Waals surface area contributed by atoms with E-state index in [2.05, 4.69) is 0 Å². The summed E-state index contributed by atoms with van der Waals surface area (Å²) in [5.41, 5.74) is 7.57. The van der Waals surface area contributed by atoms with Gasteiger partial charge in [0, 0.05) is 16.6 Å². The number of halogens is 2. The molecule has 1 aliphatic rings. The van der Waals surface area contributed by atoms with Crippen molar-refractivity contribution in [2.45, 2.75) is 31.4 Å². The highest BCUT2D eigenvalue weighted by Gasteiger charge is 2.23. The first-order valence-corrected chi connectivity index (χ1v) is 7.46. The number of benzene rings is 2. The second-order valence-corrected chi connectivity index (χ2v) is 5.80. The Hall–Kier alpha value is -1.58. The third-order valence-corrected chi connectivity index (χ3v) is 3.98. The maximum atomic E-state index is 13.8. The fraction of sp³-hybridized carbons (Fsp3) is 0.294. The van der Waals surface area contributed by atoms with Crippen molar-refractivity contribution < 1.29 is 9.13 Å². The van der Waals surface area contributed by atoms with Crippen molar-refractivity contribution in [3.63, 3.8) is 0 Å². The van der Waals surface area contributed by atoms with Crippen LogP contribution in [0, 0.1) is 5.82 Å². The van der Waals surface area contributed by atoms with Gasteiger partial charge >= 0.3 is 0 Å². The van der Waals surface area contributed by atoms with E-state index in [1.54, 1.807) is 12.1 Å². The van der Waals surface area contributed by atoms with Crippen LogP contribution in [0.3, 0.4) is 0 Å². The topological polar surface area (TPSA) is 35.2 Å². The highest BCUT2D eigenvalue weighted by atomic mass is 35.5. The van der Waals surface area contributed by atoms with Crippen molar-refractivity contribution in [1.82, 2.24) is 0 Å². The molecule has 1 unspecified atom stereocenters. The van der Waals surface area contributed by atoms with E-state index in [0.29, 0.717) is 23.1 Å². The van der Waals surface area contributed by atoms with Crippen molar-refractivity contribution in [2.75, 3.05) is 0 Å². The van der Waals surface area contributed by atoms with Crippen LogP contribution >= 0.6 is 11.6 Å². The fourth-order valence-electron chi connectivity index (χ4n) is 2.24. The summed E-state index contributed by atoms with van der Waals surface area (Å²) in [5.74, 6) is 0.545. The Morgan fingerprint density at radius 2 is 1.90 bits per heavy atom. The van der Waals surface area contributed by atoms with Gasteiger partial charge in [0.05, 0.1) is 6.10 Å². The molecule has 0 radical (unpaired) electrons. The lowest BCUT2D eigenvalue weighted by Crippen LogP contribution is -2.14. The average Bonchev–Trinajstić information content (AvgIpc) is 3.28. The van der Waals surface area contributed by atoms with Crippen molar-refractivity contribution >= 4 is 11.6 Å². The van der Waals surface area contributed by atoms with Gasteiger partial charge in [0.15, 0.2) is 0 Å². The lowest BCUT2D eigenvalue weighted by molar-refractivity contribution is 0.303. The molecule has 3 rings (SSSR count). The van der Waals surface area contributed by atoms with Crippen LogP contribution < -0.4 is 10.5 Å². The SMILES string of the molecule is NC(Cc1c(F)cccc1Cl)c1ccc(OC2CC2)cc1. The molecule has 1 saturated carbocycles. The Balaban J connectivity index is 1.70. The number of ether oxygens (including phenoxy) is 1. The summed E-state index contributed by atoms with van der Waals surface area (Å²) in [7, 11) is 0. The summed E-state index contributed by atoms with van der Waals surface area (Å²) >= 11 is 6.03. The first-order valence-electron chi connectivity index (χ1n) is 7.08. The van der Waals surface area contributed by atoms with E-state index in [1.807, 2.05) is 24.3 Å². The van der Waals surface area contributed by atoms with E-state index in [-0.39, 0.29) is 11.9 Å². The maximum absolute atomic E-state index is 13.8. The molecule has 0 bridgehead atoms. The molecule has 1 aliphatic carbocycles.